The zero-order valence-corrected chi connectivity index (χ0v) is 24.1. The first-order valence-electron chi connectivity index (χ1n) is 9.84. The van der Waals surface area contributed by atoms with Crippen molar-refractivity contribution in [2.45, 2.75) is 53.4 Å². The van der Waals surface area contributed by atoms with Crippen molar-refractivity contribution in [1.29, 1.82) is 0 Å². The Kier molecular flexibility index (Phi) is 8.16. The van der Waals surface area contributed by atoms with E-state index in [-0.39, 0.29) is 52.3 Å². The number of nitrogens with one attached hydrogen (secondary N) is 1. The Morgan fingerprint density at radius 2 is 1.52 bits per heavy atom. The number of halogens is 3. The van der Waals surface area contributed by atoms with E-state index >= 15 is 0 Å². The maximum absolute atomic E-state index is 14.5. The van der Waals surface area contributed by atoms with Gasteiger partial charge in [-0.15, -0.1) is 0 Å². The third-order valence-corrected chi connectivity index (χ3v) is 25.3. The van der Waals surface area contributed by atoms with Gasteiger partial charge in [0, 0.05) is 5.56 Å². The average molecular weight is 527 g/mol. The molecule has 1 amide bonds. The van der Waals surface area contributed by atoms with E-state index in [9.17, 15) is 9.18 Å². The molecule has 0 saturated heterocycles. The molecule has 0 fully saturated rings. The van der Waals surface area contributed by atoms with Gasteiger partial charge >= 0.3 is 21.7 Å². The minimum absolute atomic E-state index is 0. The van der Waals surface area contributed by atoms with Crippen molar-refractivity contribution in [2.24, 2.45) is 0 Å². The molecular weight excluding hydrogens is 500 g/mol. The summed E-state index contributed by atoms with van der Waals surface area (Å²) in [7, 11) is -3.64. The molecule has 4 rings (SSSR count). The molecule has 2 aliphatic rings. The van der Waals surface area contributed by atoms with Crippen LogP contribution in [0.5, 0.6) is 0 Å². The SMILES string of the molecule is CC1=Cc2c(-c3c(C)c4c(C)c(c3C([NH-])=O)[Si](C)(C)[Si]4(C)C)ccc(F)c2C1.[Cl-].[Cl-].[Ti+3]. The number of rotatable bonds is 2. The molecule has 2 bridgehead atoms. The number of amides is 1. The maximum Gasteiger partial charge on any atom is 3.00 e. The Morgan fingerprint density at radius 1 is 0.968 bits per heavy atom. The number of fused-ring (bicyclic) bond motifs is 3. The molecule has 0 spiro atoms. The van der Waals surface area contributed by atoms with Crippen molar-refractivity contribution >= 4 is 37.5 Å². The van der Waals surface area contributed by atoms with E-state index in [0.29, 0.717) is 17.5 Å². The molecule has 1 heterocycles. The topological polar surface area (TPSA) is 40.9 Å². The number of allylic oxidation sites excluding steroid dienone is 1. The molecule has 2 aromatic carbocycles. The molecule has 0 unspecified atom stereocenters. The van der Waals surface area contributed by atoms with Crippen LogP contribution in [-0.2, 0) is 28.1 Å². The van der Waals surface area contributed by atoms with Gasteiger partial charge in [0.25, 0.3) is 0 Å². The van der Waals surface area contributed by atoms with Crippen LogP contribution in [0.25, 0.3) is 22.9 Å². The molecular formula is C23H27Cl2FNOSi2Ti. The molecule has 163 valence electrons. The van der Waals surface area contributed by atoms with Crippen molar-refractivity contribution in [3.05, 3.63) is 57.1 Å². The van der Waals surface area contributed by atoms with Crippen molar-refractivity contribution in [3.8, 4) is 11.1 Å². The number of carbonyl (C=O) groups is 1. The van der Waals surface area contributed by atoms with Crippen LogP contribution < -0.4 is 35.2 Å². The van der Waals surface area contributed by atoms with Gasteiger partial charge < -0.3 is 35.3 Å². The summed E-state index contributed by atoms with van der Waals surface area (Å²) in [6.07, 6.45) is 2.66. The zero-order valence-electron chi connectivity index (χ0n) is 19.0. The number of carbonyl (C=O) groups excluding carboxylic acids is 1. The predicted molar refractivity (Wildman–Crippen MR) is 122 cm³/mol. The molecule has 2 nitrogen and oxygen atoms in total. The standard InChI is InChI=1S/C23H28FNOSi2.2ClH.Ti/c1-12-10-16-15(8-9-18(24)17(16)11-12)19-13(2)21-14(3)22(20(19)23(25)26)28(6,7)27(21,4)5;;;/h8-10H,11H2,1-7H3,(H2,25,26);2*1H;/q;;;+3/p-3. The van der Waals surface area contributed by atoms with Crippen molar-refractivity contribution in [3.63, 3.8) is 0 Å². The Morgan fingerprint density at radius 3 is 2.06 bits per heavy atom. The van der Waals surface area contributed by atoms with Gasteiger partial charge in [-0.1, -0.05) is 54.7 Å². The summed E-state index contributed by atoms with van der Waals surface area (Å²) in [4.78, 5) is 12.7. The number of benzene rings is 2. The fraction of sp³-hybridized carbons (Fsp3) is 0.348. The summed E-state index contributed by atoms with van der Waals surface area (Å²) in [6.45, 7) is 15.8. The maximum atomic E-state index is 14.5. The number of hydrogen-bond donors (Lipinski definition) is 0. The smallest absolute Gasteiger partial charge is 1.00 e. The Bertz CT molecular complexity index is 1130. The first-order chi connectivity index (χ1) is 12.9. The second-order valence-electron chi connectivity index (χ2n) is 9.48. The minimum Gasteiger partial charge on any atom is -1.00 e. The van der Waals surface area contributed by atoms with Gasteiger partial charge in [-0.2, -0.15) is 0 Å². The second-order valence-corrected chi connectivity index (χ2v) is 24.5. The van der Waals surface area contributed by atoms with Crippen LogP contribution in [0.3, 0.4) is 0 Å². The van der Waals surface area contributed by atoms with E-state index in [0.717, 1.165) is 27.8 Å². The number of hydrogen-bond acceptors (Lipinski definition) is 1. The van der Waals surface area contributed by atoms with Crippen LogP contribution in [-0.4, -0.2) is 21.1 Å². The van der Waals surface area contributed by atoms with Crippen molar-refractivity contribution < 1.29 is 55.7 Å². The molecule has 0 aromatic heterocycles. The molecule has 31 heavy (non-hydrogen) atoms. The molecule has 0 saturated carbocycles. The fourth-order valence-corrected chi connectivity index (χ4v) is 17.0. The van der Waals surface area contributed by atoms with E-state index in [1.165, 1.54) is 22.0 Å². The van der Waals surface area contributed by atoms with Crippen molar-refractivity contribution in [1.82, 2.24) is 0 Å². The van der Waals surface area contributed by atoms with Gasteiger partial charge in [-0.25, -0.2) is 4.39 Å². The Hall–Kier alpha value is -0.692. The van der Waals surface area contributed by atoms with Crippen LogP contribution in [0.15, 0.2) is 17.7 Å². The zero-order chi connectivity index (χ0) is 20.8. The van der Waals surface area contributed by atoms with Gasteiger partial charge in [-0.3, -0.25) is 0 Å². The van der Waals surface area contributed by atoms with Gasteiger partial charge in [0.1, 0.15) is 5.82 Å². The second kappa shape index (κ2) is 8.92. The summed E-state index contributed by atoms with van der Waals surface area (Å²) in [5.41, 5.74) is 15.7. The van der Waals surface area contributed by atoms with Gasteiger partial charge in [0.2, 0.25) is 0 Å². The molecule has 1 radical (unpaired) electrons. The molecule has 1 aliphatic carbocycles. The van der Waals surface area contributed by atoms with Crippen LogP contribution in [0.4, 0.5) is 4.39 Å². The minimum atomic E-state index is -1.88. The molecule has 2 aromatic rings. The monoisotopic (exact) mass is 526 g/mol. The summed E-state index contributed by atoms with van der Waals surface area (Å²) in [5, 5.41) is 2.63. The van der Waals surface area contributed by atoms with Crippen LogP contribution in [0.1, 0.15) is 39.5 Å². The largest absolute Gasteiger partial charge is 3.00 e. The first kappa shape index (κ1) is 28.3. The van der Waals surface area contributed by atoms with Gasteiger partial charge in [0.05, 0.1) is 21.1 Å². The normalized spacial score (nSPS) is 16.5. The fourth-order valence-electron chi connectivity index (χ4n) is 5.72. The predicted octanol–water partition coefficient (Wildman–Crippen LogP) is -0.810. The van der Waals surface area contributed by atoms with E-state index < -0.39 is 21.1 Å². The van der Waals surface area contributed by atoms with Crippen LogP contribution in [0.2, 0.25) is 26.2 Å². The molecule has 8 heteroatoms. The molecule has 1 aliphatic heterocycles. The first-order valence-corrected chi connectivity index (χ1v) is 16.8. The van der Waals surface area contributed by atoms with E-state index in [1.807, 2.05) is 19.1 Å². The van der Waals surface area contributed by atoms with E-state index in [2.05, 4.69) is 40.0 Å². The van der Waals surface area contributed by atoms with Crippen molar-refractivity contribution in [2.75, 3.05) is 0 Å². The Balaban J connectivity index is 0.00000160. The quantitative estimate of drug-likeness (QED) is 0.472. The third-order valence-electron chi connectivity index (χ3n) is 7.46. The summed E-state index contributed by atoms with van der Waals surface area (Å²) >= 11 is 0. The summed E-state index contributed by atoms with van der Waals surface area (Å²) in [5.74, 6) is -0.790. The van der Waals surface area contributed by atoms with Crippen LogP contribution in [0, 0.1) is 19.7 Å². The van der Waals surface area contributed by atoms with Gasteiger partial charge in [0.15, 0.2) is 0 Å². The molecule has 1 N–H and O–H groups in total. The third kappa shape index (κ3) is 3.66. The average Bonchev–Trinajstić information content (AvgIpc) is 3.00. The van der Waals surface area contributed by atoms with Gasteiger partial charge in [-0.05, 0) is 66.3 Å². The van der Waals surface area contributed by atoms with E-state index in [4.69, 9.17) is 5.73 Å². The van der Waals surface area contributed by atoms with E-state index in [1.54, 1.807) is 0 Å². The summed E-state index contributed by atoms with van der Waals surface area (Å²) < 4.78 is 14.5. The Labute approximate surface area is 213 Å². The molecule has 0 atom stereocenters. The summed E-state index contributed by atoms with van der Waals surface area (Å²) in [6, 6.07) is 3.34. The van der Waals surface area contributed by atoms with Crippen LogP contribution >= 0.6 is 0 Å².